The largest absolute Gasteiger partial charge is 0.327 e. The molecule has 2 heteroatoms. The summed E-state index contributed by atoms with van der Waals surface area (Å²) in [5, 5.41) is 0. The molecule has 0 amide bonds. The summed E-state index contributed by atoms with van der Waals surface area (Å²) in [6, 6.07) is 0.442. The Morgan fingerprint density at radius 1 is 1.31 bits per heavy atom. The van der Waals surface area contributed by atoms with Gasteiger partial charge in [-0.15, -0.1) is 0 Å². The Hall–Kier alpha value is -0.0800. The minimum absolute atomic E-state index is 0.442. The highest BCUT2D eigenvalue weighted by Crippen LogP contribution is 2.30. The van der Waals surface area contributed by atoms with Gasteiger partial charge >= 0.3 is 0 Å². The quantitative estimate of drug-likeness (QED) is 0.781. The second-order valence-corrected chi connectivity index (χ2v) is 6.13. The molecule has 1 rings (SSSR count). The monoisotopic (exact) mass is 226 g/mol. The summed E-state index contributed by atoms with van der Waals surface area (Å²) >= 11 is 0. The van der Waals surface area contributed by atoms with Gasteiger partial charge in [0.15, 0.2) is 0 Å². The van der Waals surface area contributed by atoms with Crippen molar-refractivity contribution >= 4 is 0 Å². The van der Waals surface area contributed by atoms with Crippen molar-refractivity contribution in [2.45, 2.75) is 52.5 Å². The third-order valence-electron chi connectivity index (χ3n) is 3.95. The number of rotatable bonds is 5. The van der Waals surface area contributed by atoms with E-state index in [-0.39, 0.29) is 0 Å². The Balaban J connectivity index is 2.38. The number of hydrogen-bond donors (Lipinski definition) is 1. The van der Waals surface area contributed by atoms with Crippen molar-refractivity contribution in [3.8, 4) is 0 Å². The van der Waals surface area contributed by atoms with Crippen molar-refractivity contribution in [3.05, 3.63) is 0 Å². The van der Waals surface area contributed by atoms with Crippen LogP contribution in [0.5, 0.6) is 0 Å². The second-order valence-electron chi connectivity index (χ2n) is 6.13. The van der Waals surface area contributed by atoms with Crippen LogP contribution in [0.25, 0.3) is 0 Å². The third kappa shape index (κ3) is 4.42. The molecular formula is C14H30N2. The van der Waals surface area contributed by atoms with Crippen LogP contribution in [0.15, 0.2) is 0 Å². The summed E-state index contributed by atoms with van der Waals surface area (Å²) in [5.41, 5.74) is 6.25. The molecule has 0 aromatic carbocycles. The molecule has 0 spiro atoms. The Kier molecular flexibility index (Phi) is 5.77. The maximum absolute atomic E-state index is 6.25. The van der Waals surface area contributed by atoms with Crippen molar-refractivity contribution in [1.82, 2.24) is 4.90 Å². The lowest BCUT2D eigenvalue weighted by Crippen LogP contribution is -2.42. The van der Waals surface area contributed by atoms with Crippen molar-refractivity contribution in [3.63, 3.8) is 0 Å². The zero-order valence-electron chi connectivity index (χ0n) is 11.6. The Morgan fingerprint density at radius 3 is 2.56 bits per heavy atom. The zero-order valence-corrected chi connectivity index (χ0v) is 11.6. The van der Waals surface area contributed by atoms with E-state index in [1.54, 1.807) is 0 Å². The number of nitrogens with two attached hydrogens (primary N) is 1. The van der Waals surface area contributed by atoms with Crippen molar-refractivity contribution in [2.75, 3.05) is 20.1 Å². The van der Waals surface area contributed by atoms with Crippen LogP contribution in [0.2, 0.25) is 0 Å². The van der Waals surface area contributed by atoms with Gasteiger partial charge in [0.1, 0.15) is 0 Å². The first-order valence-corrected chi connectivity index (χ1v) is 6.97. The van der Waals surface area contributed by atoms with Gasteiger partial charge in [-0.2, -0.15) is 0 Å². The lowest BCUT2D eigenvalue weighted by Gasteiger charge is -2.36. The minimum Gasteiger partial charge on any atom is -0.327 e. The van der Waals surface area contributed by atoms with Gasteiger partial charge in [0.2, 0.25) is 0 Å². The fourth-order valence-electron chi connectivity index (χ4n) is 3.06. The van der Waals surface area contributed by atoms with Gasteiger partial charge in [0, 0.05) is 19.1 Å². The first-order valence-electron chi connectivity index (χ1n) is 6.97. The Labute approximate surface area is 102 Å². The highest BCUT2D eigenvalue weighted by Gasteiger charge is 2.27. The van der Waals surface area contributed by atoms with Crippen molar-refractivity contribution in [1.29, 1.82) is 0 Å². The SMILES string of the molecule is CCC1CCC(N)C(CN(C)CC(C)C)C1. The van der Waals surface area contributed by atoms with Gasteiger partial charge in [-0.1, -0.05) is 27.2 Å². The van der Waals surface area contributed by atoms with Gasteiger partial charge in [-0.25, -0.2) is 0 Å². The van der Waals surface area contributed by atoms with Crippen molar-refractivity contribution in [2.24, 2.45) is 23.5 Å². The van der Waals surface area contributed by atoms with E-state index in [1.807, 2.05) is 0 Å². The first-order chi connectivity index (χ1) is 7.52. The maximum Gasteiger partial charge on any atom is 0.00795 e. The molecule has 0 radical (unpaired) electrons. The van der Waals surface area contributed by atoms with E-state index in [9.17, 15) is 0 Å². The molecule has 2 nitrogen and oxygen atoms in total. The predicted molar refractivity (Wildman–Crippen MR) is 71.4 cm³/mol. The lowest BCUT2D eigenvalue weighted by atomic mass is 9.77. The van der Waals surface area contributed by atoms with E-state index in [1.165, 1.54) is 38.8 Å². The summed E-state index contributed by atoms with van der Waals surface area (Å²) in [4.78, 5) is 2.47. The second kappa shape index (κ2) is 6.61. The molecular weight excluding hydrogens is 196 g/mol. The predicted octanol–water partition coefficient (Wildman–Crippen LogP) is 2.73. The van der Waals surface area contributed by atoms with E-state index in [2.05, 4.69) is 32.7 Å². The van der Waals surface area contributed by atoms with E-state index in [4.69, 9.17) is 5.73 Å². The van der Waals surface area contributed by atoms with Crippen LogP contribution in [-0.2, 0) is 0 Å². The molecule has 1 aliphatic carbocycles. The topological polar surface area (TPSA) is 29.3 Å². The van der Waals surface area contributed by atoms with Crippen LogP contribution >= 0.6 is 0 Å². The summed E-state index contributed by atoms with van der Waals surface area (Å²) in [5.74, 6) is 2.41. The average molecular weight is 226 g/mol. The zero-order chi connectivity index (χ0) is 12.1. The minimum atomic E-state index is 0.442. The third-order valence-corrected chi connectivity index (χ3v) is 3.95. The highest BCUT2D eigenvalue weighted by molar-refractivity contribution is 4.83. The summed E-state index contributed by atoms with van der Waals surface area (Å²) in [7, 11) is 2.24. The smallest absolute Gasteiger partial charge is 0.00795 e. The Morgan fingerprint density at radius 2 is 2.00 bits per heavy atom. The molecule has 1 fully saturated rings. The molecule has 0 aromatic heterocycles. The molecule has 0 aromatic rings. The van der Waals surface area contributed by atoms with Gasteiger partial charge in [-0.3, -0.25) is 0 Å². The summed E-state index contributed by atoms with van der Waals surface area (Å²) in [6.07, 6.45) is 5.26. The molecule has 16 heavy (non-hydrogen) atoms. The Bertz CT molecular complexity index is 191. The molecule has 1 aliphatic rings. The van der Waals surface area contributed by atoms with Gasteiger partial charge in [-0.05, 0) is 44.1 Å². The van der Waals surface area contributed by atoms with Crippen LogP contribution in [0.3, 0.4) is 0 Å². The summed E-state index contributed by atoms with van der Waals surface area (Å²) in [6.45, 7) is 9.27. The molecule has 0 bridgehead atoms. The van der Waals surface area contributed by atoms with Crippen molar-refractivity contribution < 1.29 is 0 Å². The van der Waals surface area contributed by atoms with Crippen LogP contribution < -0.4 is 5.73 Å². The van der Waals surface area contributed by atoms with Crippen LogP contribution in [0.4, 0.5) is 0 Å². The van der Waals surface area contributed by atoms with E-state index >= 15 is 0 Å². The standard InChI is InChI=1S/C14H30N2/c1-5-12-6-7-14(15)13(8-12)10-16(4)9-11(2)3/h11-14H,5-10,15H2,1-4H3. The maximum atomic E-state index is 6.25. The average Bonchev–Trinajstić information content (AvgIpc) is 2.20. The molecule has 3 unspecified atom stereocenters. The van der Waals surface area contributed by atoms with Gasteiger partial charge < -0.3 is 10.6 Å². The fourth-order valence-corrected chi connectivity index (χ4v) is 3.06. The van der Waals surface area contributed by atoms with E-state index in [0.717, 1.165) is 17.8 Å². The van der Waals surface area contributed by atoms with Gasteiger partial charge in [0.25, 0.3) is 0 Å². The normalized spacial score (nSPS) is 31.3. The molecule has 3 atom stereocenters. The van der Waals surface area contributed by atoms with Crippen LogP contribution in [-0.4, -0.2) is 31.1 Å². The first kappa shape index (κ1) is 14.0. The molecule has 0 heterocycles. The van der Waals surface area contributed by atoms with E-state index in [0.29, 0.717) is 6.04 Å². The number of hydrogen-bond acceptors (Lipinski definition) is 2. The van der Waals surface area contributed by atoms with Crippen LogP contribution in [0, 0.1) is 17.8 Å². The van der Waals surface area contributed by atoms with Crippen LogP contribution in [0.1, 0.15) is 46.5 Å². The lowest BCUT2D eigenvalue weighted by molar-refractivity contribution is 0.163. The molecule has 0 saturated heterocycles. The summed E-state index contributed by atoms with van der Waals surface area (Å²) < 4.78 is 0. The fraction of sp³-hybridized carbons (Fsp3) is 1.00. The number of nitrogens with zero attached hydrogens (tertiary/aromatic N) is 1. The van der Waals surface area contributed by atoms with Gasteiger partial charge in [0.05, 0.1) is 0 Å². The molecule has 1 saturated carbocycles. The van der Waals surface area contributed by atoms with E-state index < -0.39 is 0 Å². The molecule has 2 N–H and O–H groups in total. The molecule has 96 valence electrons. The highest BCUT2D eigenvalue weighted by atomic mass is 15.1. The molecule has 0 aliphatic heterocycles.